The molecule has 0 radical (unpaired) electrons. The highest BCUT2D eigenvalue weighted by Crippen LogP contribution is 2.51. The third kappa shape index (κ3) is 1.59. The monoisotopic (exact) mass is 223 g/mol. The molecule has 0 amide bonds. The first kappa shape index (κ1) is 11.1. The van der Waals surface area contributed by atoms with E-state index in [4.69, 9.17) is 10.8 Å². The van der Waals surface area contributed by atoms with E-state index in [-0.39, 0.29) is 18.3 Å². The Morgan fingerprint density at radius 2 is 2.12 bits per heavy atom. The molecule has 0 aromatic heterocycles. The second-order valence-corrected chi connectivity index (χ2v) is 4.42. The summed E-state index contributed by atoms with van der Waals surface area (Å²) in [6, 6.07) is 6.51. The van der Waals surface area contributed by atoms with Gasteiger partial charge in [0.2, 0.25) is 0 Å². The fourth-order valence-corrected chi connectivity index (χ4v) is 2.34. The molecule has 16 heavy (non-hydrogen) atoms. The van der Waals surface area contributed by atoms with Crippen LogP contribution in [0, 0.1) is 11.2 Å². The highest BCUT2D eigenvalue weighted by molar-refractivity contribution is 5.76. The number of benzene rings is 1. The van der Waals surface area contributed by atoms with Crippen LogP contribution in [-0.2, 0) is 4.79 Å². The molecule has 1 aromatic carbocycles. The SMILES string of the molecule is NCC1(C(=O)O)CC(c2ccccc2F)C1. The minimum atomic E-state index is -0.873. The number of carboxylic acids is 1. The van der Waals surface area contributed by atoms with E-state index in [0.29, 0.717) is 18.4 Å². The number of hydrogen-bond donors (Lipinski definition) is 2. The first-order chi connectivity index (χ1) is 7.59. The van der Waals surface area contributed by atoms with Crippen LogP contribution >= 0.6 is 0 Å². The average molecular weight is 223 g/mol. The van der Waals surface area contributed by atoms with Crippen molar-refractivity contribution in [1.82, 2.24) is 0 Å². The van der Waals surface area contributed by atoms with Crippen molar-refractivity contribution in [3.05, 3.63) is 35.6 Å². The normalized spacial score (nSPS) is 28.5. The Hall–Kier alpha value is -1.42. The molecule has 3 N–H and O–H groups in total. The van der Waals surface area contributed by atoms with Gasteiger partial charge in [0.05, 0.1) is 5.41 Å². The van der Waals surface area contributed by atoms with Crippen LogP contribution in [0.5, 0.6) is 0 Å². The second-order valence-electron chi connectivity index (χ2n) is 4.42. The minimum Gasteiger partial charge on any atom is -0.481 e. The zero-order valence-electron chi connectivity index (χ0n) is 8.82. The lowest BCUT2D eigenvalue weighted by atomic mass is 9.60. The summed E-state index contributed by atoms with van der Waals surface area (Å²) in [7, 11) is 0. The summed E-state index contributed by atoms with van der Waals surface area (Å²) in [5, 5.41) is 9.04. The Morgan fingerprint density at radius 3 is 2.62 bits per heavy atom. The van der Waals surface area contributed by atoms with E-state index in [9.17, 15) is 9.18 Å². The molecule has 1 aliphatic carbocycles. The highest BCUT2D eigenvalue weighted by atomic mass is 19.1. The van der Waals surface area contributed by atoms with E-state index in [1.807, 2.05) is 0 Å². The zero-order chi connectivity index (χ0) is 11.8. The van der Waals surface area contributed by atoms with Gasteiger partial charge in [0.15, 0.2) is 0 Å². The quantitative estimate of drug-likeness (QED) is 0.820. The number of aliphatic carboxylic acids is 1. The fourth-order valence-electron chi connectivity index (χ4n) is 2.34. The molecule has 0 unspecified atom stereocenters. The summed E-state index contributed by atoms with van der Waals surface area (Å²) in [5.74, 6) is -1.15. The summed E-state index contributed by atoms with van der Waals surface area (Å²) in [5.41, 5.74) is 5.24. The van der Waals surface area contributed by atoms with E-state index in [0.717, 1.165) is 0 Å². The van der Waals surface area contributed by atoms with Crippen molar-refractivity contribution in [1.29, 1.82) is 0 Å². The maximum atomic E-state index is 13.4. The van der Waals surface area contributed by atoms with Crippen molar-refractivity contribution in [2.75, 3.05) is 6.54 Å². The van der Waals surface area contributed by atoms with Crippen LogP contribution in [0.1, 0.15) is 24.3 Å². The number of carbonyl (C=O) groups is 1. The zero-order valence-corrected chi connectivity index (χ0v) is 8.82. The molecule has 1 aromatic rings. The van der Waals surface area contributed by atoms with Crippen molar-refractivity contribution in [2.45, 2.75) is 18.8 Å². The Morgan fingerprint density at radius 1 is 1.50 bits per heavy atom. The van der Waals surface area contributed by atoms with Gasteiger partial charge in [-0.3, -0.25) is 4.79 Å². The number of carboxylic acid groups (broad SMARTS) is 1. The van der Waals surface area contributed by atoms with Gasteiger partial charge in [0.1, 0.15) is 5.82 Å². The number of rotatable bonds is 3. The van der Waals surface area contributed by atoms with E-state index >= 15 is 0 Å². The predicted molar refractivity (Wildman–Crippen MR) is 57.5 cm³/mol. The predicted octanol–water partition coefficient (Wildman–Crippen LogP) is 1.73. The van der Waals surface area contributed by atoms with Gasteiger partial charge < -0.3 is 10.8 Å². The van der Waals surface area contributed by atoms with E-state index in [2.05, 4.69) is 0 Å². The lowest BCUT2D eigenvalue weighted by molar-refractivity contribution is -0.154. The number of hydrogen-bond acceptors (Lipinski definition) is 2. The molecule has 0 spiro atoms. The molecule has 3 nitrogen and oxygen atoms in total. The molecular weight excluding hydrogens is 209 g/mol. The second kappa shape index (κ2) is 3.87. The van der Waals surface area contributed by atoms with Crippen molar-refractivity contribution in [3.63, 3.8) is 0 Å². The Balaban J connectivity index is 2.14. The smallest absolute Gasteiger partial charge is 0.310 e. The van der Waals surface area contributed by atoms with Crippen molar-refractivity contribution < 1.29 is 14.3 Å². The van der Waals surface area contributed by atoms with Crippen LogP contribution in [0.25, 0.3) is 0 Å². The van der Waals surface area contributed by atoms with Gasteiger partial charge in [-0.25, -0.2) is 4.39 Å². The first-order valence-corrected chi connectivity index (χ1v) is 5.27. The molecule has 0 atom stereocenters. The third-order valence-corrected chi connectivity index (χ3v) is 3.46. The standard InChI is InChI=1S/C12H14FNO2/c13-10-4-2-1-3-9(10)8-5-12(6-8,7-14)11(15)16/h1-4,8H,5-7,14H2,(H,15,16). The van der Waals surface area contributed by atoms with Crippen LogP contribution in [0.3, 0.4) is 0 Å². The first-order valence-electron chi connectivity index (χ1n) is 5.27. The lowest BCUT2D eigenvalue weighted by Crippen LogP contribution is -2.48. The fraction of sp³-hybridized carbons (Fsp3) is 0.417. The van der Waals surface area contributed by atoms with Crippen LogP contribution < -0.4 is 5.73 Å². The van der Waals surface area contributed by atoms with Gasteiger partial charge in [0.25, 0.3) is 0 Å². The largest absolute Gasteiger partial charge is 0.481 e. The van der Waals surface area contributed by atoms with Crippen LogP contribution in [0.4, 0.5) is 4.39 Å². The van der Waals surface area contributed by atoms with Gasteiger partial charge in [-0.15, -0.1) is 0 Å². The summed E-state index contributed by atoms with van der Waals surface area (Å²) >= 11 is 0. The Kier molecular flexibility index (Phi) is 2.68. The molecule has 0 heterocycles. The Labute approximate surface area is 93.1 Å². The maximum absolute atomic E-state index is 13.4. The van der Waals surface area contributed by atoms with Gasteiger partial charge in [-0.2, -0.15) is 0 Å². The van der Waals surface area contributed by atoms with Gasteiger partial charge in [-0.05, 0) is 30.4 Å². The molecule has 1 saturated carbocycles. The van der Waals surface area contributed by atoms with Crippen molar-refractivity contribution in [3.8, 4) is 0 Å². The molecule has 86 valence electrons. The van der Waals surface area contributed by atoms with Gasteiger partial charge in [-0.1, -0.05) is 18.2 Å². The number of nitrogens with two attached hydrogens (primary N) is 1. The van der Waals surface area contributed by atoms with E-state index in [1.165, 1.54) is 6.07 Å². The molecule has 0 bridgehead atoms. The number of halogens is 1. The van der Waals surface area contributed by atoms with Gasteiger partial charge >= 0.3 is 5.97 Å². The molecule has 1 aliphatic rings. The van der Waals surface area contributed by atoms with E-state index in [1.54, 1.807) is 18.2 Å². The van der Waals surface area contributed by atoms with Crippen LogP contribution in [0.2, 0.25) is 0 Å². The van der Waals surface area contributed by atoms with Crippen molar-refractivity contribution >= 4 is 5.97 Å². The lowest BCUT2D eigenvalue weighted by Gasteiger charge is -2.44. The highest BCUT2D eigenvalue weighted by Gasteiger charge is 2.50. The molecule has 2 rings (SSSR count). The molecule has 4 heteroatoms. The van der Waals surface area contributed by atoms with E-state index < -0.39 is 11.4 Å². The van der Waals surface area contributed by atoms with Crippen LogP contribution in [-0.4, -0.2) is 17.6 Å². The summed E-state index contributed by atoms with van der Waals surface area (Å²) in [6.45, 7) is 0.118. The molecule has 0 saturated heterocycles. The minimum absolute atomic E-state index is 0.0131. The van der Waals surface area contributed by atoms with Gasteiger partial charge in [0, 0.05) is 6.54 Å². The topological polar surface area (TPSA) is 63.3 Å². The Bertz CT molecular complexity index is 413. The summed E-state index contributed by atoms with van der Waals surface area (Å²) in [6.07, 6.45) is 0.861. The van der Waals surface area contributed by atoms with Crippen molar-refractivity contribution in [2.24, 2.45) is 11.1 Å². The third-order valence-electron chi connectivity index (χ3n) is 3.46. The molecule has 1 fully saturated rings. The summed E-state index contributed by atoms with van der Waals surface area (Å²) in [4.78, 5) is 11.0. The average Bonchev–Trinajstić information content (AvgIpc) is 2.19. The molecular formula is C12H14FNO2. The maximum Gasteiger partial charge on any atom is 0.310 e. The summed E-state index contributed by atoms with van der Waals surface area (Å²) < 4.78 is 13.4. The molecule has 0 aliphatic heterocycles. The van der Waals surface area contributed by atoms with Crippen LogP contribution in [0.15, 0.2) is 24.3 Å².